The molecule has 29 heavy (non-hydrogen) atoms. The zero-order chi connectivity index (χ0) is 21.2. The minimum absolute atomic E-state index is 0.0765. The van der Waals surface area contributed by atoms with Crippen LogP contribution in [0.5, 0.6) is 23.0 Å². The molecule has 2 aromatic rings. The van der Waals surface area contributed by atoms with Crippen molar-refractivity contribution in [1.29, 1.82) is 0 Å². The number of carbonyl (C=O) groups excluding carboxylic acids is 1. The highest BCUT2D eigenvalue weighted by atomic mass is 16.5. The van der Waals surface area contributed by atoms with Crippen LogP contribution in [0.4, 0.5) is 0 Å². The van der Waals surface area contributed by atoms with Gasteiger partial charge >= 0.3 is 0 Å². The van der Waals surface area contributed by atoms with Crippen LogP contribution >= 0.6 is 0 Å². The van der Waals surface area contributed by atoms with Crippen LogP contribution in [0, 0.1) is 0 Å². The maximum Gasteiger partial charge on any atom is 0.157 e. The highest BCUT2D eigenvalue weighted by Crippen LogP contribution is 2.27. The van der Waals surface area contributed by atoms with Gasteiger partial charge in [0.05, 0.1) is 6.10 Å². The average Bonchev–Trinajstić information content (AvgIpc) is 2.69. The third-order valence-electron chi connectivity index (χ3n) is 4.83. The van der Waals surface area contributed by atoms with Gasteiger partial charge in [-0.1, -0.05) is 25.5 Å². The Morgan fingerprint density at radius 1 is 0.897 bits per heavy atom. The number of ketones is 1. The highest BCUT2D eigenvalue weighted by Gasteiger charge is 2.15. The second kappa shape index (κ2) is 11.3. The van der Waals surface area contributed by atoms with Crippen LogP contribution in [0.3, 0.4) is 0 Å². The van der Waals surface area contributed by atoms with Gasteiger partial charge in [0.2, 0.25) is 0 Å². The molecule has 0 spiro atoms. The summed E-state index contributed by atoms with van der Waals surface area (Å²) in [7, 11) is 0. The smallest absolute Gasteiger partial charge is 0.157 e. The molecule has 0 saturated heterocycles. The molecule has 0 aromatic heterocycles. The molecule has 0 aliphatic rings. The molecule has 0 heterocycles. The molecule has 2 rings (SSSR count). The number of Topliss-reactive ketones (excluding diaryl/α,β-unsaturated/α-hetero) is 1. The van der Waals surface area contributed by atoms with Crippen molar-refractivity contribution in [2.45, 2.75) is 58.0 Å². The minimum Gasteiger partial charge on any atom is -0.504 e. The Morgan fingerprint density at radius 3 is 2.03 bits per heavy atom. The summed E-state index contributed by atoms with van der Waals surface area (Å²) in [6.45, 7) is 2.68. The molecule has 0 unspecified atom stereocenters. The van der Waals surface area contributed by atoms with Crippen molar-refractivity contribution < 1.29 is 30.0 Å². The van der Waals surface area contributed by atoms with Gasteiger partial charge in [0.1, 0.15) is 5.78 Å². The largest absolute Gasteiger partial charge is 0.504 e. The number of phenolic OH excluding ortho intramolecular Hbond substituents is 4. The Balaban J connectivity index is 1.88. The van der Waals surface area contributed by atoms with E-state index in [1.54, 1.807) is 12.1 Å². The molecule has 0 radical (unpaired) electrons. The molecule has 0 saturated carbocycles. The molecule has 1 atom stereocenters. The van der Waals surface area contributed by atoms with Gasteiger partial charge < -0.3 is 25.2 Å². The standard InChI is InChI=1S/C23H30O6/c1-2-3-12-29-19(9-5-17-7-11-21(26)23(28)14-17)15-18(24)8-4-16-6-10-20(25)22(27)13-16/h6-7,10-11,13-14,19,25-28H,2-5,8-9,12,15H2,1H3/t19-/m0/s1. The van der Waals surface area contributed by atoms with Crippen LogP contribution in [0.2, 0.25) is 0 Å². The first kappa shape index (κ1) is 22.6. The number of rotatable bonds is 12. The first-order valence-electron chi connectivity index (χ1n) is 10.0. The molecule has 6 nitrogen and oxygen atoms in total. The molecule has 0 aliphatic heterocycles. The lowest BCUT2D eigenvalue weighted by Gasteiger charge is -2.18. The predicted molar refractivity (Wildman–Crippen MR) is 110 cm³/mol. The first-order valence-corrected chi connectivity index (χ1v) is 10.0. The van der Waals surface area contributed by atoms with E-state index in [1.807, 2.05) is 0 Å². The summed E-state index contributed by atoms with van der Waals surface area (Å²) >= 11 is 0. The number of phenols is 4. The van der Waals surface area contributed by atoms with Crippen molar-refractivity contribution in [3.63, 3.8) is 0 Å². The lowest BCUT2D eigenvalue weighted by atomic mass is 9.99. The fraction of sp³-hybridized carbons (Fsp3) is 0.435. The maximum atomic E-state index is 12.5. The van der Waals surface area contributed by atoms with Gasteiger partial charge in [0, 0.05) is 19.4 Å². The van der Waals surface area contributed by atoms with Crippen LogP contribution in [-0.4, -0.2) is 38.9 Å². The Labute approximate surface area is 171 Å². The van der Waals surface area contributed by atoms with Crippen LogP contribution < -0.4 is 0 Å². The summed E-state index contributed by atoms with van der Waals surface area (Å²) in [6, 6.07) is 9.30. The summed E-state index contributed by atoms with van der Waals surface area (Å²) in [4.78, 5) is 12.5. The summed E-state index contributed by atoms with van der Waals surface area (Å²) in [6.07, 6.45) is 4.12. The molecule has 0 fully saturated rings. The van der Waals surface area contributed by atoms with Crippen molar-refractivity contribution >= 4 is 5.78 Å². The van der Waals surface area contributed by atoms with Gasteiger partial charge in [-0.3, -0.25) is 4.79 Å². The van der Waals surface area contributed by atoms with Gasteiger partial charge in [-0.15, -0.1) is 0 Å². The minimum atomic E-state index is -0.210. The number of aromatic hydroxyl groups is 4. The topological polar surface area (TPSA) is 107 Å². The molecule has 4 N–H and O–H groups in total. The second-order valence-electron chi connectivity index (χ2n) is 7.27. The van der Waals surface area contributed by atoms with E-state index >= 15 is 0 Å². The number of carbonyl (C=O) groups is 1. The fourth-order valence-corrected chi connectivity index (χ4v) is 3.06. The Hall–Kier alpha value is -2.73. The number of ether oxygens (including phenoxy) is 1. The molecule has 6 heteroatoms. The van der Waals surface area contributed by atoms with E-state index in [1.165, 1.54) is 24.3 Å². The van der Waals surface area contributed by atoms with Crippen molar-refractivity contribution in [2.24, 2.45) is 0 Å². The molecule has 0 aliphatic carbocycles. The van der Waals surface area contributed by atoms with Crippen LogP contribution in [-0.2, 0) is 22.4 Å². The third-order valence-corrected chi connectivity index (χ3v) is 4.83. The SMILES string of the molecule is CCCCO[C@@H](CCc1ccc(O)c(O)c1)CC(=O)CCc1ccc(O)c(O)c1. The molecule has 158 valence electrons. The van der Waals surface area contributed by atoms with E-state index in [0.717, 1.165) is 24.0 Å². The van der Waals surface area contributed by atoms with E-state index in [0.29, 0.717) is 38.7 Å². The Morgan fingerprint density at radius 2 is 1.48 bits per heavy atom. The first-order chi connectivity index (χ1) is 13.9. The predicted octanol–water partition coefficient (Wildman–Crippen LogP) is 4.22. The van der Waals surface area contributed by atoms with Crippen molar-refractivity contribution in [2.75, 3.05) is 6.61 Å². The molecule has 2 aromatic carbocycles. The molecular formula is C23H30O6. The third kappa shape index (κ3) is 7.66. The van der Waals surface area contributed by atoms with E-state index < -0.39 is 0 Å². The number of benzene rings is 2. The zero-order valence-corrected chi connectivity index (χ0v) is 16.8. The quantitative estimate of drug-likeness (QED) is 0.313. The van der Waals surface area contributed by atoms with Gasteiger partial charge in [-0.05, 0) is 61.1 Å². The van der Waals surface area contributed by atoms with Gasteiger partial charge in [-0.25, -0.2) is 0 Å². The van der Waals surface area contributed by atoms with Crippen molar-refractivity contribution in [3.8, 4) is 23.0 Å². The van der Waals surface area contributed by atoms with Gasteiger partial charge in [-0.2, -0.15) is 0 Å². The monoisotopic (exact) mass is 402 g/mol. The summed E-state index contributed by atoms with van der Waals surface area (Å²) in [5, 5.41) is 38.0. The van der Waals surface area contributed by atoms with Crippen LogP contribution in [0.1, 0.15) is 50.2 Å². The lowest BCUT2D eigenvalue weighted by molar-refractivity contribution is -0.122. The van der Waals surface area contributed by atoms with Crippen LogP contribution in [0.15, 0.2) is 36.4 Å². The Bertz CT molecular complexity index is 802. The molecule has 0 amide bonds. The van der Waals surface area contributed by atoms with Crippen LogP contribution in [0.25, 0.3) is 0 Å². The number of unbranched alkanes of at least 4 members (excludes halogenated alkanes) is 1. The van der Waals surface area contributed by atoms with E-state index in [9.17, 15) is 25.2 Å². The normalized spacial score (nSPS) is 12.0. The molecular weight excluding hydrogens is 372 g/mol. The Kier molecular flexibility index (Phi) is 8.80. The van der Waals surface area contributed by atoms with Crippen molar-refractivity contribution in [1.82, 2.24) is 0 Å². The summed E-state index contributed by atoms with van der Waals surface area (Å²) < 4.78 is 5.91. The number of aryl methyl sites for hydroxylation is 2. The summed E-state index contributed by atoms with van der Waals surface area (Å²) in [5.74, 6) is -0.593. The van der Waals surface area contributed by atoms with E-state index in [4.69, 9.17) is 4.74 Å². The zero-order valence-electron chi connectivity index (χ0n) is 16.8. The van der Waals surface area contributed by atoms with E-state index in [2.05, 4.69) is 6.92 Å². The second-order valence-corrected chi connectivity index (χ2v) is 7.27. The molecule has 0 bridgehead atoms. The number of hydrogen-bond donors (Lipinski definition) is 4. The van der Waals surface area contributed by atoms with E-state index in [-0.39, 0.29) is 34.9 Å². The summed E-state index contributed by atoms with van der Waals surface area (Å²) in [5.41, 5.74) is 1.66. The lowest BCUT2D eigenvalue weighted by Crippen LogP contribution is -2.20. The van der Waals surface area contributed by atoms with Gasteiger partial charge in [0.25, 0.3) is 0 Å². The maximum absolute atomic E-state index is 12.5. The average molecular weight is 402 g/mol. The van der Waals surface area contributed by atoms with Gasteiger partial charge in [0.15, 0.2) is 23.0 Å². The number of hydrogen-bond acceptors (Lipinski definition) is 6. The fourth-order valence-electron chi connectivity index (χ4n) is 3.06. The highest BCUT2D eigenvalue weighted by molar-refractivity contribution is 5.79. The van der Waals surface area contributed by atoms with Crippen molar-refractivity contribution in [3.05, 3.63) is 47.5 Å².